The summed E-state index contributed by atoms with van der Waals surface area (Å²) >= 11 is 0. The van der Waals surface area contributed by atoms with Crippen molar-refractivity contribution in [2.75, 3.05) is 19.6 Å². The zero-order valence-electron chi connectivity index (χ0n) is 13.5. The van der Waals surface area contributed by atoms with Gasteiger partial charge in [0.05, 0.1) is 17.6 Å². The van der Waals surface area contributed by atoms with Crippen molar-refractivity contribution < 1.29 is 10.0 Å². The summed E-state index contributed by atoms with van der Waals surface area (Å²) in [5.74, 6) is 0.287. The Hall–Kier alpha value is -2.25. The average Bonchev–Trinajstić information content (AvgIpc) is 3.10. The van der Waals surface area contributed by atoms with E-state index in [1.165, 1.54) is 12.4 Å². The average molecular weight is 330 g/mol. The monoisotopic (exact) mass is 330 g/mol. The summed E-state index contributed by atoms with van der Waals surface area (Å²) in [6.45, 7) is 3.31. The molecular formula is C17H22N4O3. The van der Waals surface area contributed by atoms with Crippen molar-refractivity contribution in [1.82, 2.24) is 14.7 Å². The lowest BCUT2D eigenvalue weighted by Crippen LogP contribution is -2.37. The predicted molar refractivity (Wildman–Crippen MR) is 89.4 cm³/mol. The topological polar surface area (TPSA) is 84.4 Å². The van der Waals surface area contributed by atoms with Crippen LogP contribution in [0, 0.1) is 16.0 Å². The van der Waals surface area contributed by atoms with Crippen molar-refractivity contribution in [3.63, 3.8) is 0 Å². The lowest BCUT2D eigenvalue weighted by atomic mass is 9.87. The van der Waals surface area contributed by atoms with Crippen LogP contribution in [0.15, 0.2) is 42.7 Å². The van der Waals surface area contributed by atoms with E-state index in [0.717, 1.165) is 38.0 Å². The maximum atomic E-state index is 10.7. The summed E-state index contributed by atoms with van der Waals surface area (Å²) < 4.78 is 1.61. The molecule has 0 spiro atoms. The second-order valence-electron chi connectivity index (χ2n) is 6.25. The molecule has 7 heteroatoms. The molecule has 1 aliphatic rings. The molecular weight excluding hydrogens is 308 g/mol. The highest BCUT2D eigenvalue weighted by molar-refractivity contribution is 5.20. The van der Waals surface area contributed by atoms with Gasteiger partial charge in [0.25, 0.3) is 0 Å². The van der Waals surface area contributed by atoms with Crippen LogP contribution >= 0.6 is 0 Å². The number of likely N-dealkylation sites (tertiary alicyclic amines) is 1. The SMILES string of the molecule is O=[N+]([O-])c1cnn(CCN2CCC(C(O)c3ccccc3)CC2)c1. The Morgan fingerprint density at radius 1 is 1.25 bits per heavy atom. The van der Waals surface area contributed by atoms with Gasteiger partial charge >= 0.3 is 5.69 Å². The fourth-order valence-corrected chi connectivity index (χ4v) is 3.23. The van der Waals surface area contributed by atoms with E-state index in [1.54, 1.807) is 4.68 Å². The first-order chi connectivity index (χ1) is 11.6. The molecule has 0 saturated carbocycles. The zero-order valence-corrected chi connectivity index (χ0v) is 13.5. The van der Waals surface area contributed by atoms with E-state index < -0.39 is 11.0 Å². The molecule has 1 fully saturated rings. The van der Waals surface area contributed by atoms with Gasteiger partial charge in [-0.3, -0.25) is 14.8 Å². The van der Waals surface area contributed by atoms with Gasteiger partial charge < -0.3 is 10.0 Å². The highest BCUT2D eigenvalue weighted by atomic mass is 16.6. The van der Waals surface area contributed by atoms with Gasteiger partial charge in [0.2, 0.25) is 0 Å². The lowest BCUT2D eigenvalue weighted by molar-refractivity contribution is -0.385. The van der Waals surface area contributed by atoms with E-state index >= 15 is 0 Å². The fraction of sp³-hybridized carbons (Fsp3) is 0.471. The van der Waals surface area contributed by atoms with Crippen molar-refractivity contribution in [2.45, 2.75) is 25.5 Å². The Morgan fingerprint density at radius 2 is 1.96 bits per heavy atom. The molecule has 0 amide bonds. The highest BCUT2D eigenvalue weighted by Gasteiger charge is 2.26. The minimum Gasteiger partial charge on any atom is -0.388 e. The maximum Gasteiger partial charge on any atom is 0.306 e. The van der Waals surface area contributed by atoms with E-state index in [4.69, 9.17) is 0 Å². The molecule has 3 rings (SSSR count). The number of benzene rings is 1. The third kappa shape index (κ3) is 3.98. The molecule has 1 atom stereocenters. The molecule has 1 aromatic carbocycles. The molecule has 2 heterocycles. The number of aromatic nitrogens is 2. The number of aliphatic hydroxyl groups is 1. The maximum absolute atomic E-state index is 10.7. The van der Waals surface area contributed by atoms with Gasteiger partial charge in [-0.25, -0.2) is 0 Å². The van der Waals surface area contributed by atoms with Gasteiger partial charge in [0, 0.05) is 6.54 Å². The quantitative estimate of drug-likeness (QED) is 0.648. The summed E-state index contributed by atoms with van der Waals surface area (Å²) in [6, 6.07) is 9.82. The van der Waals surface area contributed by atoms with Gasteiger partial charge in [-0.1, -0.05) is 30.3 Å². The number of hydrogen-bond acceptors (Lipinski definition) is 5. The van der Waals surface area contributed by atoms with Crippen LogP contribution in [-0.4, -0.2) is 44.3 Å². The molecule has 128 valence electrons. The van der Waals surface area contributed by atoms with Crippen molar-refractivity contribution in [1.29, 1.82) is 0 Å². The van der Waals surface area contributed by atoms with E-state index in [0.29, 0.717) is 6.54 Å². The smallest absolute Gasteiger partial charge is 0.306 e. The van der Waals surface area contributed by atoms with Gasteiger partial charge in [0.1, 0.15) is 12.4 Å². The van der Waals surface area contributed by atoms with Crippen LogP contribution in [0.4, 0.5) is 5.69 Å². The summed E-state index contributed by atoms with van der Waals surface area (Å²) in [7, 11) is 0. The number of nitrogens with zero attached hydrogens (tertiary/aromatic N) is 4. The first-order valence-electron chi connectivity index (χ1n) is 8.25. The predicted octanol–water partition coefficient (Wildman–Crippen LogP) is 2.24. The van der Waals surface area contributed by atoms with Gasteiger partial charge in [-0.2, -0.15) is 5.10 Å². The highest BCUT2D eigenvalue weighted by Crippen LogP contribution is 2.30. The normalized spacial score (nSPS) is 17.7. The molecule has 1 saturated heterocycles. The molecule has 1 unspecified atom stereocenters. The summed E-state index contributed by atoms with van der Waals surface area (Å²) in [6.07, 6.45) is 4.25. The van der Waals surface area contributed by atoms with E-state index in [2.05, 4.69) is 10.00 Å². The van der Waals surface area contributed by atoms with Crippen LogP contribution in [0.2, 0.25) is 0 Å². The van der Waals surface area contributed by atoms with Gasteiger partial charge in [0.15, 0.2) is 0 Å². The van der Waals surface area contributed by atoms with Crippen LogP contribution in [0.25, 0.3) is 0 Å². The Bertz CT molecular complexity index is 665. The molecule has 1 aliphatic heterocycles. The molecule has 2 aromatic rings. The third-order valence-electron chi connectivity index (χ3n) is 4.70. The minimum atomic E-state index is -0.431. The molecule has 7 nitrogen and oxygen atoms in total. The second kappa shape index (κ2) is 7.55. The van der Waals surface area contributed by atoms with Crippen LogP contribution in [0.5, 0.6) is 0 Å². The molecule has 0 aliphatic carbocycles. The van der Waals surface area contributed by atoms with Crippen LogP contribution in [0.1, 0.15) is 24.5 Å². The second-order valence-corrected chi connectivity index (χ2v) is 6.25. The number of rotatable bonds is 6. The number of hydrogen-bond donors (Lipinski definition) is 1. The summed E-state index contributed by atoms with van der Waals surface area (Å²) in [5, 5.41) is 25.2. The first kappa shape index (κ1) is 16.6. The Kier molecular flexibility index (Phi) is 5.22. The van der Waals surface area contributed by atoms with E-state index in [1.807, 2.05) is 30.3 Å². The zero-order chi connectivity index (χ0) is 16.9. The van der Waals surface area contributed by atoms with E-state index in [9.17, 15) is 15.2 Å². The largest absolute Gasteiger partial charge is 0.388 e. The number of nitro groups is 1. The minimum absolute atomic E-state index is 0.0275. The first-order valence-corrected chi connectivity index (χ1v) is 8.25. The Labute approximate surface area is 140 Å². The van der Waals surface area contributed by atoms with Crippen LogP contribution in [0.3, 0.4) is 0 Å². The summed E-state index contributed by atoms with van der Waals surface area (Å²) in [4.78, 5) is 12.5. The van der Waals surface area contributed by atoms with Crippen LogP contribution < -0.4 is 0 Å². The van der Waals surface area contributed by atoms with Crippen LogP contribution in [-0.2, 0) is 6.54 Å². The summed E-state index contributed by atoms with van der Waals surface area (Å²) in [5.41, 5.74) is 1.01. The molecule has 0 radical (unpaired) electrons. The fourth-order valence-electron chi connectivity index (χ4n) is 3.23. The lowest BCUT2D eigenvalue weighted by Gasteiger charge is -2.34. The Balaban J connectivity index is 1.46. The third-order valence-corrected chi connectivity index (χ3v) is 4.70. The van der Waals surface area contributed by atoms with Gasteiger partial charge in [-0.15, -0.1) is 0 Å². The van der Waals surface area contributed by atoms with E-state index in [-0.39, 0.29) is 11.6 Å². The van der Waals surface area contributed by atoms with Crippen molar-refractivity contribution in [2.24, 2.45) is 5.92 Å². The molecule has 1 aromatic heterocycles. The van der Waals surface area contributed by atoms with Crippen molar-refractivity contribution >= 4 is 5.69 Å². The molecule has 24 heavy (non-hydrogen) atoms. The number of piperidine rings is 1. The molecule has 1 N–H and O–H groups in total. The van der Waals surface area contributed by atoms with Crippen molar-refractivity contribution in [3.8, 4) is 0 Å². The standard InChI is InChI=1S/C17H22N4O3/c22-17(14-4-2-1-3-5-14)15-6-8-19(9-7-15)10-11-20-13-16(12-18-20)21(23)24/h1-5,12-13,15,17,22H,6-11H2. The molecule has 0 bridgehead atoms. The Morgan fingerprint density at radius 3 is 2.58 bits per heavy atom. The van der Waals surface area contributed by atoms with Gasteiger partial charge in [-0.05, 0) is 37.4 Å². The van der Waals surface area contributed by atoms with Crippen molar-refractivity contribution in [3.05, 3.63) is 58.4 Å². The number of aliphatic hydroxyl groups excluding tert-OH is 1.